The zero-order valence-corrected chi connectivity index (χ0v) is 25.1. The number of benzene rings is 2. The van der Waals surface area contributed by atoms with Gasteiger partial charge in [0.05, 0.1) is 10.5 Å². The van der Waals surface area contributed by atoms with E-state index in [-0.39, 0.29) is 16.7 Å². The lowest BCUT2D eigenvalue weighted by molar-refractivity contribution is 0.0552. The van der Waals surface area contributed by atoms with Gasteiger partial charge in [0, 0.05) is 34.7 Å². The SMILES string of the molecule is Cc1cccc(C(=O)N2CCC(N3CCC(CC4=CC=C(S(=O)(=O)c5cccc(Cl)c5)CC4C)CC3)CC2)c1N. The summed E-state index contributed by atoms with van der Waals surface area (Å²) in [6, 6.07) is 12.7. The topological polar surface area (TPSA) is 83.7 Å². The van der Waals surface area contributed by atoms with Gasteiger partial charge in [0.15, 0.2) is 0 Å². The van der Waals surface area contributed by atoms with Gasteiger partial charge in [0.25, 0.3) is 5.91 Å². The Morgan fingerprint density at radius 3 is 2.38 bits per heavy atom. The van der Waals surface area contributed by atoms with Crippen LogP contribution in [-0.2, 0) is 9.84 Å². The van der Waals surface area contributed by atoms with Crippen molar-refractivity contribution in [2.75, 3.05) is 31.9 Å². The summed E-state index contributed by atoms with van der Waals surface area (Å²) < 4.78 is 26.3. The standard InChI is InChI=1S/C32H40ClN3O3S/c1-22-5-3-8-30(31(22)34)32(37)36-17-13-27(14-18-36)35-15-11-24(12-16-35)20-25-9-10-29(19-23(25)2)40(38,39)28-7-4-6-26(33)21-28/h3-10,21,23-24,27H,11-20,34H2,1-2H3. The number of allylic oxidation sites excluding steroid dienone is 4. The number of carbonyl (C=O) groups excluding carboxylic acids is 1. The number of nitrogens with two attached hydrogens (primary N) is 1. The minimum atomic E-state index is -3.53. The number of hydrogen-bond donors (Lipinski definition) is 1. The molecule has 1 unspecified atom stereocenters. The van der Waals surface area contributed by atoms with Gasteiger partial charge in [-0.25, -0.2) is 8.42 Å². The summed E-state index contributed by atoms with van der Waals surface area (Å²) >= 11 is 6.04. The highest BCUT2D eigenvalue weighted by molar-refractivity contribution is 7.95. The monoisotopic (exact) mass is 581 g/mol. The predicted octanol–water partition coefficient (Wildman–Crippen LogP) is 6.26. The number of sulfone groups is 1. The van der Waals surface area contributed by atoms with E-state index in [1.165, 1.54) is 11.6 Å². The van der Waals surface area contributed by atoms with Crippen molar-refractivity contribution in [2.45, 2.75) is 63.3 Å². The Bertz CT molecular complexity index is 1420. The van der Waals surface area contributed by atoms with Crippen molar-refractivity contribution in [3.63, 3.8) is 0 Å². The van der Waals surface area contributed by atoms with Crippen molar-refractivity contribution in [3.05, 3.63) is 81.2 Å². The Morgan fingerprint density at radius 2 is 1.70 bits per heavy atom. The Morgan fingerprint density at radius 1 is 1.00 bits per heavy atom. The van der Waals surface area contributed by atoms with Gasteiger partial charge >= 0.3 is 0 Å². The Hall–Kier alpha value is -2.61. The lowest BCUT2D eigenvalue weighted by atomic mass is 9.82. The molecule has 0 spiro atoms. The number of hydrogen-bond acceptors (Lipinski definition) is 5. The van der Waals surface area contributed by atoms with Crippen LogP contribution in [0.1, 0.15) is 61.4 Å². The van der Waals surface area contributed by atoms with E-state index in [9.17, 15) is 13.2 Å². The maximum atomic E-state index is 13.1. The molecule has 214 valence electrons. The van der Waals surface area contributed by atoms with Crippen LogP contribution in [-0.4, -0.2) is 56.3 Å². The molecule has 1 amide bonds. The third kappa shape index (κ3) is 6.17. The van der Waals surface area contributed by atoms with Crippen molar-refractivity contribution in [1.82, 2.24) is 9.80 Å². The van der Waals surface area contributed by atoms with Crippen molar-refractivity contribution >= 4 is 33.0 Å². The van der Waals surface area contributed by atoms with E-state index in [1.807, 2.05) is 36.1 Å². The van der Waals surface area contributed by atoms with E-state index >= 15 is 0 Å². The molecule has 2 aromatic rings. The van der Waals surface area contributed by atoms with Gasteiger partial charge in [-0.15, -0.1) is 0 Å². The average Bonchev–Trinajstić information content (AvgIpc) is 2.96. The van der Waals surface area contributed by atoms with Gasteiger partial charge in [0.1, 0.15) is 0 Å². The lowest BCUT2D eigenvalue weighted by Gasteiger charge is -2.42. The molecule has 2 aromatic carbocycles. The highest BCUT2D eigenvalue weighted by Crippen LogP contribution is 2.37. The first-order chi connectivity index (χ1) is 19.1. The zero-order valence-electron chi connectivity index (χ0n) is 23.5. The number of amides is 1. The summed E-state index contributed by atoms with van der Waals surface area (Å²) in [6.07, 6.45) is 9.72. The fourth-order valence-corrected chi connectivity index (χ4v) is 8.26. The number of para-hydroxylation sites is 1. The fourth-order valence-electron chi connectivity index (χ4n) is 6.45. The van der Waals surface area contributed by atoms with Crippen LogP contribution in [0.5, 0.6) is 0 Å². The van der Waals surface area contributed by atoms with Crippen LogP contribution in [0.4, 0.5) is 5.69 Å². The molecule has 6 nitrogen and oxygen atoms in total. The Labute approximate surface area is 243 Å². The molecule has 2 saturated heterocycles. The number of nitrogens with zero attached hydrogens (tertiary/aromatic N) is 2. The largest absolute Gasteiger partial charge is 0.398 e. The summed E-state index contributed by atoms with van der Waals surface area (Å²) in [7, 11) is -3.53. The highest BCUT2D eigenvalue weighted by atomic mass is 35.5. The van der Waals surface area contributed by atoms with E-state index in [0.29, 0.717) is 39.6 Å². The van der Waals surface area contributed by atoms with Gasteiger partial charge in [-0.05, 0) is 106 Å². The molecule has 1 atom stereocenters. The van der Waals surface area contributed by atoms with E-state index < -0.39 is 9.84 Å². The van der Waals surface area contributed by atoms with E-state index in [4.69, 9.17) is 17.3 Å². The number of nitrogen functional groups attached to an aromatic ring is 1. The molecule has 8 heteroatoms. The second-order valence-corrected chi connectivity index (χ2v) is 14.1. The zero-order chi connectivity index (χ0) is 28.4. The molecule has 0 aromatic heterocycles. The van der Waals surface area contributed by atoms with Crippen molar-refractivity contribution < 1.29 is 13.2 Å². The van der Waals surface area contributed by atoms with Crippen molar-refractivity contribution in [2.24, 2.45) is 11.8 Å². The van der Waals surface area contributed by atoms with Crippen LogP contribution in [0.2, 0.25) is 5.02 Å². The lowest BCUT2D eigenvalue weighted by Crippen LogP contribution is -2.49. The molecule has 40 heavy (non-hydrogen) atoms. The summed E-state index contributed by atoms with van der Waals surface area (Å²) in [5, 5.41) is 0.430. The number of rotatable bonds is 6. The summed E-state index contributed by atoms with van der Waals surface area (Å²) in [5.74, 6) is 0.873. The molecule has 0 bridgehead atoms. The molecular weight excluding hydrogens is 542 g/mol. The summed E-state index contributed by atoms with van der Waals surface area (Å²) in [4.78, 5) is 18.4. The molecule has 2 heterocycles. The molecule has 2 N–H and O–H groups in total. The van der Waals surface area contributed by atoms with E-state index in [0.717, 1.165) is 63.8 Å². The molecule has 5 rings (SSSR count). The second kappa shape index (κ2) is 12.1. The first-order valence-corrected chi connectivity index (χ1v) is 16.3. The highest BCUT2D eigenvalue weighted by Gasteiger charge is 2.32. The second-order valence-electron chi connectivity index (χ2n) is 11.7. The molecule has 0 saturated carbocycles. The maximum Gasteiger partial charge on any atom is 0.255 e. The summed E-state index contributed by atoms with van der Waals surface area (Å²) in [5.41, 5.74) is 9.69. The van der Waals surface area contributed by atoms with Crippen LogP contribution in [0.3, 0.4) is 0 Å². The fraction of sp³-hybridized carbons (Fsp3) is 0.469. The Kier molecular flexibility index (Phi) is 8.74. The van der Waals surface area contributed by atoms with Gasteiger partial charge < -0.3 is 15.5 Å². The van der Waals surface area contributed by atoms with Gasteiger partial charge in [-0.2, -0.15) is 0 Å². The molecule has 2 aliphatic heterocycles. The first kappa shape index (κ1) is 28.9. The van der Waals surface area contributed by atoms with Crippen molar-refractivity contribution in [3.8, 4) is 0 Å². The minimum Gasteiger partial charge on any atom is -0.398 e. The molecular formula is C32H40ClN3O3S. The number of piperidine rings is 2. The smallest absolute Gasteiger partial charge is 0.255 e. The van der Waals surface area contributed by atoms with Crippen LogP contribution < -0.4 is 5.73 Å². The van der Waals surface area contributed by atoms with E-state index in [1.54, 1.807) is 24.3 Å². The van der Waals surface area contributed by atoms with Crippen LogP contribution in [0.25, 0.3) is 0 Å². The molecule has 3 aliphatic rings. The number of halogens is 1. The third-order valence-corrected chi connectivity index (χ3v) is 11.2. The van der Waals surface area contributed by atoms with Gasteiger partial charge in [-0.1, -0.05) is 48.4 Å². The average molecular weight is 582 g/mol. The van der Waals surface area contributed by atoms with Crippen LogP contribution in [0.15, 0.2) is 70.0 Å². The van der Waals surface area contributed by atoms with Crippen LogP contribution in [0, 0.1) is 18.8 Å². The number of aryl methyl sites for hydroxylation is 1. The molecule has 2 fully saturated rings. The third-order valence-electron chi connectivity index (χ3n) is 9.07. The summed E-state index contributed by atoms with van der Waals surface area (Å²) in [6.45, 7) is 7.79. The predicted molar refractivity (Wildman–Crippen MR) is 162 cm³/mol. The normalized spacial score (nSPS) is 21.7. The van der Waals surface area contributed by atoms with E-state index in [2.05, 4.69) is 11.8 Å². The number of likely N-dealkylation sites (tertiary alicyclic amines) is 2. The number of carbonyl (C=O) groups is 1. The minimum absolute atomic E-state index is 0.0470. The maximum absolute atomic E-state index is 13.1. The van der Waals surface area contributed by atoms with Crippen LogP contribution >= 0.6 is 11.6 Å². The molecule has 0 radical (unpaired) electrons. The number of anilines is 1. The van der Waals surface area contributed by atoms with Gasteiger partial charge in [-0.3, -0.25) is 4.79 Å². The first-order valence-electron chi connectivity index (χ1n) is 14.4. The van der Waals surface area contributed by atoms with Gasteiger partial charge in [0.2, 0.25) is 9.84 Å². The molecule has 1 aliphatic carbocycles. The quantitative estimate of drug-likeness (QED) is 0.407. The Balaban J connectivity index is 1.12. The van der Waals surface area contributed by atoms with Crippen molar-refractivity contribution in [1.29, 1.82) is 0 Å².